The molecule has 0 aliphatic carbocycles. The summed E-state index contributed by atoms with van der Waals surface area (Å²) >= 11 is 6.02. The molecule has 0 fully saturated rings. The van der Waals surface area contributed by atoms with Crippen molar-refractivity contribution in [1.82, 2.24) is 9.47 Å². The van der Waals surface area contributed by atoms with Gasteiger partial charge in [0.15, 0.2) is 0 Å². The van der Waals surface area contributed by atoms with Crippen molar-refractivity contribution in [2.24, 2.45) is 0 Å². The van der Waals surface area contributed by atoms with Crippen LogP contribution in [0.2, 0.25) is 0 Å². The molecule has 9 heteroatoms. The zero-order valence-corrected chi connectivity index (χ0v) is 24.4. The lowest BCUT2D eigenvalue weighted by atomic mass is 10.0. The van der Waals surface area contributed by atoms with Crippen molar-refractivity contribution < 1.29 is 28.6 Å². The van der Waals surface area contributed by atoms with Crippen molar-refractivity contribution in [2.75, 3.05) is 13.0 Å². The van der Waals surface area contributed by atoms with Crippen molar-refractivity contribution >= 4 is 40.5 Å². The number of hydrogen-bond acceptors (Lipinski definition) is 6. The Morgan fingerprint density at radius 2 is 1.54 bits per heavy atom. The highest BCUT2D eigenvalue weighted by Crippen LogP contribution is 2.27. The summed E-state index contributed by atoms with van der Waals surface area (Å²) in [6, 6.07) is 13.6. The summed E-state index contributed by atoms with van der Waals surface area (Å²) in [7, 11) is 1.57. The van der Waals surface area contributed by atoms with Crippen molar-refractivity contribution in [2.45, 2.75) is 71.8 Å². The molecule has 3 rings (SSSR count). The van der Waals surface area contributed by atoms with E-state index in [1.165, 1.54) is 9.47 Å². The van der Waals surface area contributed by atoms with Gasteiger partial charge in [-0.3, -0.25) is 9.36 Å². The minimum absolute atomic E-state index is 0.101. The number of carbonyl (C=O) groups is 3. The van der Waals surface area contributed by atoms with Crippen molar-refractivity contribution in [3.8, 4) is 5.75 Å². The molecule has 0 spiro atoms. The van der Waals surface area contributed by atoms with E-state index >= 15 is 0 Å². The first-order valence-corrected chi connectivity index (χ1v) is 13.3. The number of para-hydroxylation sites is 1. The van der Waals surface area contributed by atoms with E-state index in [0.717, 1.165) is 10.9 Å². The topological polar surface area (TPSA) is 87.1 Å². The van der Waals surface area contributed by atoms with E-state index in [2.05, 4.69) is 0 Å². The van der Waals surface area contributed by atoms with Gasteiger partial charge in [-0.1, -0.05) is 30.3 Å². The summed E-state index contributed by atoms with van der Waals surface area (Å²) in [5, 5.41) is 0.764. The fourth-order valence-corrected chi connectivity index (χ4v) is 4.30. The van der Waals surface area contributed by atoms with E-state index in [-0.39, 0.29) is 18.8 Å². The van der Waals surface area contributed by atoms with Gasteiger partial charge in [0.25, 0.3) is 0 Å². The molecule has 0 unspecified atom stereocenters. The fourth-order valence-electron chi connectivity index (χ4n) is 4.15. The molecular weight excluding hydrogens is 520 g/mol. The standard InChI is InChI=1S/C30H37ClN2O6/c1-29(2,3)38-27(35)25(32(26(34)17-31)18-20-12-14-22(37-7)15-13-20)16-21-19-33(28(36)39-30(4,5)6)24-11-9-8-10-23(21)24/h8-15,19,25H,16-18H2,1-7H3/t25-/m0/s1. The molecule has 0 saturated carbocycles. The number of halogens is 1. The lowest BCUT2D eigenvalue weighted by Crippen LogP contribution is -2.48. The van der Waals surface area contributed by atoms with Crippen LogP contribution in [0, 0.1) is 0 Å². The third-order valence-corrected chi connectivity index (χ3v) is 6.03. The molecule has 39 heavy (non-hydrogen) atoms. The number of aromatic nitrogens is 1. The Bertz CT molecular complexity index is 1320. The van der Waals surface area contributed by atoms with Crippen LogP contribution in [0.3, 0.4) is 0 Å². The minimum atomic E-state index is -1.00. The van der Waals surface area contributed by atoms with E-state index in [1.807, 2.05) is 36.4 Å². The number of carbonyl (C=O) groups excluding carboxylic acids is 3. The van der Waals surface area contributed by atoms with Crippen LogP contribution in [0.1, 0.15) is 52.7 Å². The van der Waals surface area contributed by atoms with Gasteiger partial charge < -0.3 is 19.1 Å². The number of fused-ring (bicyclic) bond motifs is 1. The maximum absolute atomic E-state index is 13.6. The molecule has 1 heterocycles. The van der Waals surface area contributed by atoms with Crippen LogP contribution >= 0.6 is 11.6 Å². The molecule has 0 aliphatic heterocycles. The molecule has 0 bridgehead atoms. The molecular formula is C30H37ClN2O6. The third kappa shape index (κ3) is 7.99. The second-order valence-corrected chi connectivity index (χ2v) is 11.5. The van der Waals surface area contributed by atoms with Gasteiger partial charge in [-0.25, -0.2) is 9.59 Å². The van der Waals surface area contributed by atoms with Crippen molar-refractivity contribution in [1.29, 1.82) is 0 Å². The van der Waals surface area contributed by atoms with Gasteiger partial charge in [0.1, 0.15) is 28.9 Å². The van der Waals surface area contributed by atoms with Crippen LogP contribution < -0.4 is 4.74 Å². The number of alkyl halides is 1. The largest absolute Gasteiger partial charge is 0.497 e. The summed E-state index contributed by atoms with van der Waals surface area (Å²) in [5.74, 6) is -0.620. The number of rotatable bonds is 8. The van der Waals surface area contributed by atoms with Crippen LogP contribution in [-0.2, 0) is 32.0 Å². The number of ether oxygens (including phenoxy) is 3. The fraction of sp³-hybridized carbons (Fsp3) is 0.433. The molecule has 0 aliphatic rings. The summed E-state index contributed by atoms with van der Waals surface area (Å²) in [6.45, 7) is 10.8. The highest BCUT2D eigenvalue weighted by atomic mass is 35.5. The first-order chi connectivity index (χ1) is 18.2. The van der Waals surface area contributed by atoms with Gasteiger partial charge in [0, 0.05) is 24.5 Å². The predicted octanol–water partition coefficient (Wildman–Crippen LogP) is 5.95. The van der Waals surface area contributed by atoms with Crippen molar-refractivity contribution in [3.63, 3.8) is 0 Å². The highest BCUT2D eigenvalue weighted by Gasteiger charge is 2.34. The Hall–Kier alpha value is -3.52. The zero-order valence-electron chi connectivity index (χ0n) is 23.6. The van der Waals surface area contributed by atoms with Crippen LogP contribution in [-0.4, -0.2) is 57.7 Å². The van der Waals surface area contributed by atoms with Crippen LogP contribution in [0.15, 0.2) is 54.7 Å². The Balaban J connectivity index is 2.07. The zero-order chi connectivity index (χ0) is 29.0. The van der Waals surface area contributed by atoms with E-state index in [4.69, 9.17) is 25.8 Å². The molecule has 210 valence electrons. The van der Waals surface area contributed by atoms with Crippen molar-refractivity contribution in [3.05, 3.63) is 65.9 Å². The Morgan fingerprint density at radius 3 is 2.10 bits per heavy atom. The molecule has 3 aromatic rings. The molecule has 0 saturated heterocycles. The SMILES string of the molecule is COc1ccc(CN(C(=O)CCl)[C@@H](Cc2cn(C(=O)OC(C)(C)C)c3ccccc23)C(=O)OC(C)(C)C)cc1. The lowest BCUT2D eigenvalue weighted by molar-refractivity contribution is -0.164. The van der Waals surface area contributed by atoms with Crippen LogP contribution in [0.5, 0.6) is 5.75 Å². The van der Waals surface area contributed by atoms with Gasteiger partial charge in [-0.05, 0) is 70.9 Å². The first kappa shape index (κ1) is 30.0. The Labute approximate surface area is 234 Å². The molecule has 1 amide bonds. The molecule has 1 atom stereocenters. The smallest absolute Gasteiger partial charge is 0.419 e. The maximum Gasteiger partial charge on any atom is 0.419 e. The number of amides is 1. The van der Waals surface area contributed by atoms with Gasteiger partial charge in [0.05, 0.1) is 12.6 Å². The third-order valence-electron chi connectivity index (χ3n) is 5.80. The van der Waals surface area contributed by atoms with Gasteiger partial charge in [0.2, 0.25) is 5.91 Å². The average molecular weight is 557 g/mol. The van der Waals surface area contributed by atoms with E-state index in [9.17, 15) is 14.4 Å². The van der Waals surface area contributed by atoms with E-state index in [1.54, 1.807) is 67.0 Å². The number of methoxy groups -OCH3 is 1. The molecule has 2 aromatic carbocycles. The highest BCUT2D eigenvalue weighted by molar-refractivity contribution is 6.27. The molecule has 0 radical (unpaired) electrons. The van der Waals surface area contributed by atoms with Gasteiger partial charge in [-0.15, -0.1) is 11.6 Å². The maximum atomic E-state index is 13.6. The van der Waals surface area contributed by atoms with Gasteiger partial charge in [-0.2, -0.15) is 0 Å². The summed E-state index contributed by atoms with van der Waals surface area (Å²) in [6.07, 6.45) is 1.22. The predicted molar refractivity (Wildman–Crippen MR) is 151 cm³/mol. The normalized spacial score (nSPS) is 12.6. The minimum Gasteiger partial charge on any atom is -0.497 e. The number of hydrogen-bond donors (Lipinski definition) is 0. The molecule has 1 aromatic heterocycles. The Kier molecular flexibility index (Phi) is 9.33. The first-order valence-electron chi connectivity index (χ1n) is 12.8. The van der Waals surface area contributed by atoms with Crippen LogP contribution in [0.4, 0.5) is 4.79 Å². The Morgan fingerprint density at radius 1 is 0.923 bits per heavy atom. The quantitative estimate of drug-likeness (QED) is 0.251. The second-order valence-electron chi connectivity index (χ2n) is 11.3. The lowest BCUT2D eigenvalue weighted by Gasteiger charge is -2.32. The van der Waals surface area contributed by atoms with E-state index in [0.29, 0.717) is 16.8 Å². The summed E-state index contributed by atoms with van der Waals surface area (Å²) in [5.41, 5.74) is 0.641. The second kappa shape index (κ2) is 12.1. The summed E-state index contributed by atoms with van der Waals surface area (Å²) < 4.78 is 18.0. The molecule has 8 nitrogen and oxygen atoms in total. The van der Waals surface area contributed by atoms with Crippen LogP contribution in [0.25, 0.3) is 10.9 Å². The van der Waals surface area contributed by atoms with E-state index < -0.39 is 35.2 Å². The number of nitrogens with zero attached hydrogens (tertiary/aromatic N) is 2. The van der Waals surface area contributed by atoms with Gasteiger partial charge >= 0.3 is 12.1 Å². The summed E-state index contributed by atoms with van der Waals surface area (Å²) in [4.78, 5) is 41.2. The number of esters is 1. The monoisotopic (exact) mass is 556 g/mol. The number of benzene rings is 2. The average Bonchev–Trinajstić information content (AvgIpc) is 3.22. The molecule has 0 N–H and O–H groups in total.